The van der Waals surface area contributed by atoms with Crippen LogP contribution in [0.5, 0.6) is 0 Å². The molecule has 3 fully saturated rings. The van der Waals surface area contributed by atoms with Gasteiger partial charge < -0.3 is 14.9 Å². The summed E-state index contributed by atoms with van der Waals surface area (Å²) in [5.74, 6) is -4.04. The summed E-state index contributed by atoms with van der Waals surface area (Å²) in [4.78, 5) is 46.4. The van der Waals surface area contributed by atoms with Crippen molar-refractivity contribution in [3.63, 3.8) is 0 Å². The number of oxime groups is 1. The molecule has 2 amide bonds. The zero-order valence-corrected chi connectivity index (χ0v) is 25.9. The molecule has 0 bridgehead atoms. The average Bonchev–Trinajstić information content (AvgIpc) is 3.87. The van der Waals surface area contributed by atoms with Gasteiger partial charge in [-0.05, 0) is 57.6 Å². The van der Waals surface area contributed by atoms with E-state index in [0.29, 0.717) is 18.6 Å². The lowest BCUT2D eigenvalue weighted by atomic mass is 9.94. The van der Waals surface area contributed by atoms with Crippen molar-refractivity contribution in [1.29, 1.82) is 0 Å². The van der Waals surface area contributed by atoms with Gasteiger partial charge in [0.25, 0.3) is 5.91 Å². The molecule has 0 aliphatic heterocycles. The molecule has 0 aromatic heterocycles. The van der Waals surface area contributed by atoms with E-state index in [-0.39, 0.29) is 19.3 Å². The van der Waals surface area contributed by atoms with E-state index in [2.05, 4.69) is 21.8 Å². The van der Waals surface area contributed by atoms with Crippen LogP contribution >= 0.6 is 0 Å². The van der Waals surface area contributed by atoms with Crippen LogP contribution in [-0.2, 0) is 34.0 Å². The van der Waals surface area contributed by atoms with Crippen LogP contribution in [0.4, 0.5) is 0 Å². The molecule has 232 valence electrons. The Hall–Kier alpha value is -3.99. The van der Waals surface area contributed by atoms with Gasteiger partial charge in [0.15, 0.2) is 0 Å². The Balaban J connectivity index is 1.23. The molecule has 5 atom stereocenters. The molecule has 4 aliphatic rings. The van der Waals surface area contributed by atoms with Gasteiger partial charge in [0.05, 0.1) is 17.1 Å². The molecule has 6 rings (SSSR count). The molecule has 2 aromatic rings. The molecule has 0 unspecified atom stereocenters. The molecule has 44 heavy (non-hydrogen) atoms. The van der Waals surface area contributed by atoms with Crippen molar-refractivity contribution >= 4 is 33.5 Å². The third kappa shape index (κ3) is 5.65. The number of carbonyl (C=O) groups excluding carboxylic acids is 3. The first-order valence-corrected chi connectivity index (χ1v) is 16.5. The molecule has 0 radical (unpaired) electrons. The summed E-state index contributed by atoms with van der Waals surface area (Å²) in [7, 11) is -3.82. The maximum absolute atomic E-state index is 13.8. The fourth-order valence-corrected chi connectivity index (χ4v) is 7.62. The van der Waals surface area contributed by atoms with Gasteiger partial charge in [0, 0.05) is 23.5 Å². The van der Waals surface area contributed by atoms with Crippen LogP contribution in [-0.4, -0.2) is 54.4 Å². The number of hydrogen-bond donors (Lipinski definition) is 2. The highest BCUT2D eigenvalue weighted by atomic mass is 32.2. The zero-order chi connectivity index (χ0) is 31.4. The van der Waals surface area contributed by atoms with Crippen LogP contribution in [0.1, 0.15) is 64.0 Å². The SMILES string of the molecule is C=C[C@@H]1C[C@]1(NC(=O)[C@@H]1C[C@@H](ON=C2c3ccccc3-c3ccccc32)C[C@H]1C(=O)OC(C)(C)C)C(=O)NS(=O)(=O)C1CC1. The summed E-state index contributed by atoms with van der Waals surface area (Å²) >= 11 is 0. The summed E-state index contributed by atoms with van der Waals surface area (Å²) < 4.78 is 32.8. The van der Waals surface area contributed by atoms with Crippen LogP contribution in [0.2, 0.25) is 0 Å². The van der Waals surface area contributed by atoms with Crippen molar-refractivity contribution in [2.75, 3.05) is 0 Å². The van der Waals surface area contributed by atoms with Gasteiger partial charge in [0.1, 0.15) is 23.0 Å². The normalized spacial score (nSPS) is 27.0. The van der Waals surface area contributed by atoms with Gasteiger partial charge in [-0.3, -0.25) is 19.1 Å². The number of benzene rings is 2. The Bertz CT molecular complexity index is 1630. The highest BCUT2D eigenvalue weighted by Crippen LogP contribution is 2.46. The lowest BCUT2D eigenvalue weighted by Gasteiger charge is -2.26. The molecular weight excluding hydrogens is 582 g/mol. The molecule has 0 spiro atoms. The van der Waals surface area contributed by atoms with Gasteiger partial charge in [-0.1, -0.05) is 59.8 Å². The number of nitrogens with zero attached hydrogens (tertiary/aromatic N) is 1. The number of sulfonamides is 1. The summed E-state index contributed by atoms with van der Waals surface area (Å²) in [6, 6.07) is 15.8. The number of nitrogens with one attached hydrogen (secondary N) is 2. The highest BCUT2D eigenvalue weighted by molar-refractivity contribution is 7.91. The summed E-state index contributed by atoms with van der Waals surface area (Å²) in [5.41, 5.74) is 2.42. The topological polar surface area (TPSA) is 140 Å². The van der Waals surface area contributed by atoms with E-state index >= 15 is 0 Å². The number of carbonyl (C=O) groups is 3. The maximum Gasteiger partial charge on any atom is 0.310 e. The summed E-state index contributed by atoms with van der Waals surface area (Å²) in [5, 5.41) is 6.75. The van der Waals surface area contributed by atoms with Crippen molar-refractivity contribution in [3.8, 4) is 11.1 Å². The number of ether oxygens (including phenoxy) is 1. The third-order valence-corrected chi connectivity index (χ3v) is 10.6. The molecule has 4 aliphatic carbocycles. The van der Waals surface area contributed by atoms with E-state index in [1.165, 1.54) is 6.08 Å². The zero-order valence-electron chi connectivity index (χ0n) is 25.0. The number of fused-ring (bicyclic) bond motifs is 3. The van der Waals surface area contributed by atoms with E-state index in [4.69, 9.17) is 9.57 Å². The highest BCUT2D eigenvalue weighted by Gasteiger charge is 2.62. The second-order valence-electron chi connectivity index (χ2n) is 13.2. The first kappa shape index (κ1) is 30.1. The van der Waals surface area contributed by atoms with E-state index < -0.39 is 68.1 Å². The van der Waals surface area contributed by atoms with Crippen molar-refractivity contribution in [2.45, 2.75) is 75.4 Å². The molecule has 0 saturated heterocycles. The van der Waals surface area contributed by atoms with Crippen LogP contribution in [0.3, 0.4) is 0 Å². The largest absolute Gasteiger partial charge is 0.460 e. The predicted molar refractivity (Wildman–Crippen MR) is 164 cm³/mol. The molecule has 10 nitrogen and oxygen atoms in total. The fraction of sp³-hybridized carbons (Fsp3) is 0.455. The van der Waals surface area contributed by atoms with Crippen LogP contribution < -0.4 is 10.0 Å². The molecule has 2 aromatic carbocycles. The molecule has 0 heterocycles. The first-order chi connectivity index (χ1) is 20.8. The Morgan fingerprint density at radius 2 is 1.52 bits per heavy atom. The minimum absolute atomic E-state index is 0.159. The van der Waals surface area contributed by atoms with Crippen molar-refractivity contribution in [2.24, 2.45) is 22.9 Å². The Morgan fingerprint density at radius 1 is 0.955 bits per heavy atom. The van der Waals surface area contributed by atoms with Crippen molar-refractivity contribution in [3.05, 3.63) is 72.3 Å². The van der Waals surface area contributed by atoms with Crippen molar-refractivity contribution in [1.82, 2.24) is 10.0 Å². The van der Waals surface area contributed by atoms with E-state index in [1.54, 1.807) is 20.8 Å². The molecular formula is C33H37N3O7S. The Labute approximate surface area is 257 Å². The van der Waals surface area contributed by atoms with E-state index in [1.807, 2.05) is 48.5 Å². The Morgan fingerprint density at radius 3 is 2.05 bits per heavy atom. The molecule has 11 heteroatoms. The van der Waals surface area contributed by atoms with Crippen LogP contribution in [0.25, 0.3) is 11.1 Å². The standard InChI is InChI=1S/C33H37N3O7S/c1-5-19-18-33(19,31(39)36-44(40,41)21-14-15-21)34-29(37)26-16-20(17-27(26)30(38)42-32(2,3)4)43-35-28-24-12-8-6-10-22(24)23-11-7-9-13-25(23)28/h5-13,19-21,26-27H,1,14-18H2,2-4H3,(H,34,37)(H,36,39)/t19-,20-,26-,27-,33-/m1/s1. The minimum Gasteiger partial charge on any atom is -0.460 e. The predicted octanol–water partition coefficient (Wildman–Crippen LogP) is 3.84. The van der Waals surface area contributed by atoms with Crippen LogP contribution in [0, 0.1) is 17.8 Å². The van der Waals surface area contributed by atoms with Crippen molar-refractivity contribution < 1.29 is 32.4 Å². The van der Waals surface area contributed by atoms with Gasteiger partial charge >= 0.3 is 5.97 Å². The quantitative estimate of drug-likeness (QED) is 0.211. The van der Waals surface area contributed by atoms with Crippen LogP contribution in [0.15, 0.2) is 66.3 Å². The lowest BCUT2D eigenvalue weighted by Crippen LogP contribution is -2.54. The number of esters is 1. The van der Waals surface area contributed by atoms with E-state index in [0.717, 1.165) is 22.3 Å². The maximum atomic E-state index is 13.8. The number of rotatable bonds is 9. The second kappa shape index (κ2) is 10.9. The molecule has 3 saturated carbocycles. The lowest BCUT2D eigenvalue weighted by molar-refractivity contribution is -0.163. The van der Waals surface area contributed by atoms with E-state index in [9.17, 15) is 22.8 Å². The summed E-state index contributed by atoms with van der Waals surface area (Å²) in [6.45, 7) is 9.01. The number of amides is 2. The number of hydrogen-bond acceptors (Lipinski definition) is 8. The Kier molecular flexibility index (Phi) is 7.42. The second-order valence-corrected chi connectivity index (χ2v) is 15.1. The smallest absolute Gasteiger partial charge is 0.310 e. The third-order valence-electron chi connectivity index (χ3n) is 8.76. The average molecular weight is 620 g/mol. The van der Waals surface area contributed by atoms with Gasteiger partial charge in [-0.15, -0.1) is 6.58 Å². The van der Waals surface area contributed by atoms with Gasteiger partial charge in [-0.25, -0.2) is 8.42 Å². The minimum atomic E-state index is -3.82. The first-order valence-electron chi connectivity index (χ1n) is 15.0. The monoisotopic (exact) mass is 619 g/mol. The fourth-order valence-electron chi connectivity index (χ4n) is 6.25. The summed E-state index contributed by atoms with van der Waals surface area (Å²) in [6.07, 6.45) is 2.50. The van der Waals surface area contributed by atoms with Gasteiger partial charge in [-0.2, -0.15) is 0 Å². The molecule has 2 N–H and O–H groups in total. The van der Waals surface area contributed by atoms with Gasteiger partial charge in [0.2, 0.25) is 15.9 Å².